The van der Waals surface area contributed by atoms with Crippen LogP contribution in [0.5, 0.6) is 5.75 Å². The number of ether oxygens (including phenoxy) is 3. The van der Waals surface area contributed by atoms with Crippen LogP contribution in [0.25, 0.3) is 0 Å². The Kier molecular flexibility index (Phi) is 10.1. The van der Waals surface area contributed by atoms with Crippen molar-refractivity contribution in [1.29, 1.82) is 0 Å². The molecule has 1 aliphatic heterocycles. The van der Waals surface area contributed by atoms with E-state index in [0.717, 1.165) is 32.7 Å². The topological polar surface area (TPSA) is 64.1 Å². The fraction of sp³-hybridized carbons (Fsp3) is 0.650. The lowest BCUT2D eigenvalue weighted by Crippen LogP contribution is -2.38. The van der Waals surface area contributed by atoms with Crippen LogP contribution in [0.2, 0.25) is 0 Å². The molecule has 164 valence electrons. The second-order valence-corrected chi connectivity index (χ2v) is 6.79. The monoisotopic (exact) mass is 417 g/mol. The second kappa shape index (κ2) is 12.5. The van der Waals surface area contributed by atoms with Gasteiger partial charge in [-0.25, -0.2) is 4.99 Å². The highest BCUT2D eigenvalue weighted by Crippen LogP contribution is 2.22. The minimum Gasteiger partial charge on any atom is -0.484 e. The SMILES string of the molecule is CCNC(=NCc1ccccc1OCC(F)(F)F)NCCCOCC1CCOC1. The summed E-state index contributed by atoms with van der Waals surface area (Å²) in [5.74, 6) is 1.29. The van der Waals surface area contributed by atoms with Gasteiger partial charge in [-0.15, -0.1) is 0 Å². The van der Waals surface area contributed by atoms with Gasteiger partial charge in [0.2, 0.25) is 0 Å². The first-order valence-electron chi connectivity index (χ1n) is 9.93. The zero-order valence-electron chi connectivity index (χ0n) is 16.8. The van der Waals surface area contributed by atoms with Crippen molar-refractivity contribution in [1.82, 2.24) is 10.6 Å². The van der Waals surface area contributed by atoms with Crippen LogP contribution in [0.15, 0.2) is 29.3 Å². The molecule has 1 atom stereocenters. The van der Waals surface area contributed by atoms with E-state index in [9.17, 15) is 13.2 Å². The molecule has 0 radical (unpaired) electrons. The molecule has 0 bridgehead atoms. The van der Waals surface area contributed by atoms with E-state index in [-0.39, 0.29) is 12.3 Å². The Hall–Kier alpha value is -2.00. The highest BCUT2D eigenvalue weighted by atomic mass is 19.4. The minimum absolute atomic E-state index is 0.189. The average Bonchev–Trinajstić information content (AvgIpc) is 3.20. The molecule has 1 fully saturated rings. The summed E-state index contributed by atoms with van der Waals surface area (Å²) in [6.45, 7) is 5.17. The summed E-state index contributed by atoms with van der Waals surface area (Å²) < 4.78 is 53.1. The number of benzene rings is 1. The predicted molar refractivity (Wildman–Crippen MR) is 105 cm³/mol. The Labute approximate surface area is 169 Å². The molecule has 0 aromatic heterocycles. The molecule has 2 rings (SSSR count). The summed E-state index contributed by atoms with van der Waals surface area (Å²) in [6, 6.07) is 6.61. The third-order valence-corrected chi connectivity index (χ3v) is 4.25. The molecule has 1 aromatic rings. The maximum Gasteiger partial charge on any atom is 0.422 e. The van der Waals surface area contributed by atoms with Crippen molar-refractivity contribution >= 4 is 5.96 Å². The molecule has 1 unspecified atom stereocenters. The molecule has 0 aliphatic carbocycles. The second-order valence-electron chi connectivity index (χ2n) is 6.79. The van der Waals surface area contributed by atoms with E-state index in [2.05, 4.69) is 15.6 Å². The van der Waals surface area contributed by atoms with Crippen molar-refractivity contribution in [2.75, 3.05) is 46.1 Å². The van der Waals surface area contributed by atoms with E-state index >= 15 is 0 Å². The van der Waals surface area contributed by atoms with Gasteiger partial charge in [-0.05, 0) is 25.8 Å². The third kappa shape index (κ3) is 9.85. The molecule has 1 aliphatic rings. The van der Waals surface area contributed by atoms with Crippen LogP contribution in [0, 0.1) is 5.92 Å². The number of guanidine groups is 1. The van der Waals surface area contributed by atoms with Crippen LogP contribution < -0.4 is 15.4 Å². The van der Waals surface area contributed by atoms with Gasteiger partial charge in [0.25, 0.3) is 0 Å². The number of hydrogen-bond donors (Lipinski definition) is 2. The third-order valence-electron chi connectivity index (χ3n) is 4.25. The van der Waals surface area contributed by atoms with Gasteiger partial charge in [0.15, 0.2) is 12.6 Å². The molecular weight excluding hydrogens is 387 g/mol. The molecule has 1 heterocycles. The summed E-state index contributed by atoms with van der Waals surface area (Å²) in [5, 5.41) is 6.33. The van der Waals surface area contributed by atoms with Crippen LogP contribution in [-0.4, -0.2) is 58.3 Å². The van der Waals surface area contributed by atoms with E-state index in [1.54, 1.807) is 18.2 Å². The Morgan fingerprint density at radius 2 is 2.10 bits per heavy atom. The summed E-state index contributed by atoms with van der Waals surface area (Å²) in [4.78, 5) is 4.45. The van der Waals surface area contributed by atoms with Crippen LogP contribution in [0.3, 0.4) is 0 Å². The van der Waals surface area contributed by atoms with Crippen LogP contribution in [0.1, 0.15) is 25.3 Å². The standard InChI is InChI=1S/C20H30F3N3O3/c1-2-24-19(25-9-5-10-27-13-16-8-11-28-14-16)26-12-17-6-3-4-7-18(17)29-15-20(21,22)23/h3-4,6-7,16H,2,5,8-15H2,1H3,(H2,24,25,26). The lowest BCUT2D eigenvalue weighted by Gasteiger charge is -2.14. The fourth-order valence-corrected chi connectivity index (χ4v) is 2.79. The largest absolute Gasteiger partial charge is 0.484 e. The number of hydrogen-bond acceptors (Lipinski definition) is 4. The molecule has 0 amide bonds. The van der Waals surface area contributed by atoms with Gasteiger partial charge in [0.05, 0.1) is 19.8 Å². The molecule has 0 spiro atoms. The van der Waals surface area contributed by atoms with Crippen LogP contribution in [-0.2, 0) is 16.0 Å². The van der Waals surface area contributed by atoms with Gasteiger partial charge in [0.1, 0.15) is 5.75 Å². The predicted octanol–water partition coefficient (Wildman–Crippen LogP) is 3.13. The molecule has 9 heteroatoms. The highest BCUT2D eigenvalue weighted by molar-refractivity contribution is 5.79. The van der Waals surface area contributed by atoms with Gasteiger partial charge < -0.3 is 24.8 Å². The van der Waals surface area contributed by atoms with Crippen LogP contribution >= 0.6 is 0 Å². The average molecular weight is 417 g/mol. The highest BCUT2D eigenvalue weighted by Gasteiger charge is 2.28. The van der Waals surface area contributed by atoms with Crippen molar-refractivity contribution in [3.63, 3.8) is 0 Å². The number of halogens is 3. The first kappa shape index (κ1) is 23.3. The quantitative estimate of drug-likeness (QED) is 0.329. The Morgan fingerprint density at radius 1 is 1.28 bits per heavy atom. The number of nitrogens with zero attached hydrogens (tertiary/aromatic N) is 1. The molecule has 1 aromatic carbocycles. The van der Waals surface area contributed by atoms with Gasteiger partial charge in [-0.3, -0.25) is 0 Å². The minimum atomic E-state index is -4.38. The number of aliphatic imine (C=N–C) groups is 1. The maximum absolute atomic E-state index is 12.4. The molecule has 2 N–H and O–H groups in total. The van der Waals surface area contributed by atoms with Crippen molar-refractivity contribution in [2.45, 2.75) is 32.5 Å². The van der Waals surface area contributed by atoms with Gasteiger partial charge in [-0.2, -0.15) is 13.2 Å². The van der Waals surface area contributed by atoms with Crippen molar-refractivity contribution in [3.8, 4) is 5.75 Å². The van der Waals surface area contributed by atoms with E-state index < -0.39 is 12.8 Å². The van der Waals surface area contributed by atoms with E-state index in [4.69, 9.17) is 14.2 Å². The first-order chi connectivity index (χ1) is 14.0. The Bertz CT molecular complexity index is 620. The number of nitrogens with one attached hydrogen (secondary N) is 2. The molecule has 6 nitrogen and oxygen atoms in total. The summed E-state index contributed by atoms with van der Waals surface area (Å²) in [6.07, 6.45) is -2.49. The maximum atomic E-state index is 12.4. The lowest BCUT2D eigenvalue weighted by molar-refractivity contribution is -0.153. The Morgan fingerprint density at radius 3 is 2.83 bits per heavy atom. The van der Waals surface area contributed by atoms with Crippen LogP contribution in [0.4, 0.5) is 13.2 Å². The van der Waals surface area contributed by atoms with E-state index in [0.29, 0.717) is 37.1 Å². The summed E-state index contributed by atoms with van der Waals surface area (Å²) >= 11 is 0. The number of rotatable bonds is 11. The van der Waals surface area contributed by atoms with E-state index in [1.807, 2.05) is 6.92 Å². The zero-order chi connectivity index (χ0) is 21.0. The summed E-state index contributed by atoms with van der Waals surface area (Å²) in [7, 11) is 0. The van der Waals surface area contributed by atoms with Crippen molar-refractivity contribution < 1.29 is 27.4 Å². The normalized spacial score (nSPS) is 17.4. The smallest absolute Gasteiger partial charge is 0.422 e. The van der Waals surface area contributed by atoms with Crippen molar-refractivity contribution in [2.24, 2.45) is 10.9 Å². The van der Waals surface area contributed by atoms with Gasteiger partial charge >= 0.3 is 6.18 Å². The molecular formula is C20H30F3N3O3. The number of alkyl halides is 3. The molecule has 0 saturated carbocycles. The number of para-hydroxylation sites is 1. The summed E-state index contributed by atoms with van der Waals surface area (Å²) in [5.41, 5.74) is 0.594. The Balaban J connectivity index is 1.76. The molecule has 29 heavy (non-hydrogen) atoms. The van der Waals surface area contributed by atoms with Crippen molar-refractivity contribution in [3.05, 3.63) is 29.8 Å². The zero-order valence-corrected chi connectivity index (χ0v) is 16.8. The van der Waals surface area contributed by atoms with Gasteiger partial charge in [0, 0.05) is 37.8 Å². The first-order valence-corrected chi connectivity index (χ1v) is 9.93. The van der Waals surface area contributed by atoms with E-state index in [1.165, 1.54) is 6.07 Å². The fourth-order valence-electron chi connectivity index (χ4n) is 2.79. The lowest BCUT2D eigenvalue weighted by atomic mass is 10.1. The van der Waals surface area contributed by atoms with Gasteiger partial charge in [-0.1, -0.05) is 18.2 Å². The molecule has 1 saturated heterocycles.